The van der Waals surface area contributed by atoms with Gasteiger partial charge < -0.3 is 87.8 Å². The normalized spacial score (nSPS) is 13.2. The number of aliphatic hydroxyl groups is 1. The van der Waals surface area contributed by atoms with E-state index in [1.807, 2.05) is 69.3 Å². The first-order valence-corrected chi connectivity index (χ1v) is 41.0. The summed E-state index contributed by atoms with van der Waals surface area (Å²) in [7, 11) is -14.2. The van der Waals surface area contributed by atoms with Crippen molar-refractivity contribution in [1.82, 2.24) is 0 Å². The van der Waals surface area contributed by atoms with Crippen LogP contribution in [0.2, 0.25) is 0 Å². The monoisotopic (exact) mass is 1540 g/mol. The molecule has 0 amide bonds. The zero-order valence-electron chi connectivity index (χ0n) is 54.0. The number of rotatable bonds is 26. The van der Waals surface area contributed by atoms with E-state index in [0.29, 0.717) is 56.0 Å². The van der Waals surface area contributed by atoms with Gasteiger partial charge in [0, 0.05) is 51.8 Å². The average Bonchev–Trinajstić information content (AvgIpc) is 1.55. The third kappa shape index (κ3) is 81.2. The van der Waals surface area contributed by atoms with Crippen molar-refractivity contribution in [2.24, 2.45) is 5.73 Å². The first-order chi connectivity index (χ1) is 41.7. The van der Waals surface area contributed by atoms with Gasteiger partial charge in [-0.25, -0.2) is 32.3 Å². The summed E-state index contributed by atoms with van der Waals surface area (Å²) in [5, 5.41) is 8.48. The Bertz CT molecular complexity index is 2670. The Morgan fingerprint density at radius 1 is 0.516 bits per heavy atom. The molecule has 0 spiro atoms. The molecule has 4 aromatic rings. The van der Waals surface area contributed by atoms with Crippen molar-refractivity contribution < 1.29 is 187 Å². The molecule has 4 rings (SSSR count). The molecule has 93 heavy (non-hydrogen) atoms. The second kappa shape index (κ2) is 64.0. The Kier molecular flexibility index (Phi) is 74.1. The van der Waals surface area contributed by atoms with Crippen LogP contribution in [0.3, 0.4) is 0 Å². The molecule has 4 aromatic carbocycles. The first-order valence-electron chi connectivity index (χ1n) is 27.3. The predicted molar refractivity (Wildman–Crippen MR) is 352 cm³/mol. The fraction of sp³-hybridized carbons (Fsp3) is 0.491. The number of carbonyl (C=O) groups excluding carboxylic acids is 3. The van der Waals surface area contributed by atoms with Crippen LogP contribution in [0.5, 0.6) is 17.2 Å². The number of hydrogen-bond donors (Lipinski definition) is 9. The van der Waals surface area contributed by atoms with Gasteiger partial charge in [-0.3, -0.25) is 13.7 Å². The van der Waals surface area contributed by atoms with E-state index >= 15 is 0 Å². The molecule has 0 aliphatic carbocycles. The van der Waals surface area contributed by atoms with Crippen molar-refractivity contribution in [2.45, 2.75) is 113 Å². The van der Waals surface area contributed by atoms with Crippen LogP contribution >= 0.6 is 78.5 Å². The summed E-state index contributed by atoms with van der Waals surface area (Å²) >= 11 is 4.97. The van der Waals surface area contributed by atoms with Gasteiger partial charge in [-0.15, -0.1) is 0 Å². The topological polar surface area (TPSA) is 476 Å². The number of para-hydroxylation sites is 3. The molecule has 0 saturated carbocycles. The molecule has 528 valence electrons. The maximum atomic E-state index is 12.6. The summed E-state index contributed by atoms with van der Waals surface area (Å²) in [4.78, 5) is 101. The molecule has 0 aliphatic heterocycles. The van der Waals surface area contributed by atoms with Crippen LogP contribution in [0.25, 0.3) is 0 Å². The quantitative estimate of drug-likeness (QED) is 0.0115. The standard InChI is InChI=1S/C14H21O5P.2C9H13O3P.C8H7ClO2.C5H10O3.2C3H9O3P.C2H8NO3P.Cl2OS.2Na.H2O/c1-4-11-20(16,18-12(3)14(15)17-5-2)19-13-9-7-6-8-10-13;2*1-2-8-13(10,11)12-9-6-4-3-5-7-9;9-8(10)11-6-7-4-2-1-3-5-7;1-3-8-5(7)4(2)6;2*1-2-3-7(4,5)6;3-1-2-7(4,5)6;1-4(2)3;;;/h6-10,12H,4-5,11H2,1-3H3;2*3-7H,2,8H2,1H3,(H,10,11);1-5H,6H2;4,6H,3H2,1-2H3;2*2-3H2,1H3,(H2,4,5,6);1-3H2,(H2,4,5,6);;;;1H2/q;;;;;;;;;2*+1;/p-2/t12-,20?;;;;4-;;;;;;;/m1...1......./s1. The van der Waals surface area contributed by atoms with Crippen molar-refractivity contribution in [3.05, 3.63) is 127 Å². The van der Waals surface area contributed by atoms with Gasteiger partial charge in [-0.05, 0) is 102 Å². The molecule has 0 bridgehead atoms. The number of ether oxygens (including phenoxy) is 3. The molecule has 0 aliphatic rings. The van der Waals surface area contributed by atoms with Crippen LogP contribution in [0.4, 0.5) is 4.79 Å². The third-order valence-electron chi connectivity index (χ3n) is 8.68. The minimum atomic E-state index is -3.92. The van der Waals surface area contributed by atoms with Crippen LogP contribution in [-0.2, 0) is 71.5 Å². The van der Waals surface area contributed by atoms with Crippen molar-refractivity contribution in [3.63, 3.8) is 0 Å². The number of hydrogen-bond acceptors (Lipinski definition) is 21. The van der Waals surface area contributed by atoms with Crippen LogP contribution in [0, 0.1) is 0 Å². The summed E-state index contributed by atoms with van der Waals surface area (Å²) < 4.78 is 108. The minimum absolute atomic E-state index is 0. The van der Waals surface area contributed by atoms with Gasteiger partial charge in [0.2, 0.25) is 9.23 Å². The van der Waals surface area contributed by atoms with Crippen molar-refractivity contribution in [3.8, 4) is 17.2 Å². The maximum Gasteiger partial charge on any atom is 1.00 e. The fourth-order valence-electron chi connectivity index (χ4n) is 5.25. The molecule has 0 aromatic heterocycles. The van der Waals surface area contributed by atoms with E-state index in [2.05, 4.69) is 30.8 Å². The molecule has 0 fully saturated rings. The van der Waals surface area contributed by atoms with E-state index < -0.39 is 84.4 Å². The first kappa shape index (κ1) is 108. The molecule has 6 atom stereocenters. The molecular weight excluding hydrogens is 1450 g/mol. The molecule has 4 unspecified atom stereocenters. The fourth-order valence-corrected chi connectivity index (χ4v) is 10.8. The second-order valence-electron chi connectivity index (χ2n) is 17.3. The molecule has 11 N–H and O–H groups in total. The van der Waals surface area contributed by atoms with Crippen molar-refractivity contribution in [2.75, 3.05) is 56.7 Å². The zero-order chi connectivity index (χ0) is 70.5. The molecule has 0 saturated heterocycles. The predicted octanol–water partition coefficient (Wildman–Crippen LogP) is 5.96. The van der Waals surface area contributed by atoms with Gasteiger partial charge in [0.25, 0.3) is 0 Å². The van der Waals surface area contributed by atoms with Crippen molar-refractivity contribution >= 4 is 105 Å². The summed E-state index contributed by atoms with van der Waals surface area (Å²) in [6.45, 7) is 16.1. The van der Waals surface area contributed by atoms with E-state index in [9.17, 15) is 56.5 Å². The molecule has 40 heteroatoms. The summed E-state index contributed by atoms with van der Waals surface area (Å²) in [6.07, 6.45) is 1.34. The Morgan fingerprint density at radius 2 is 0.828 bits per heavy atom. The number of benzene rings is 4. The zero-order valence-corrected chi connectivity index (χ0v) is 66.4. The molecule has 0 heterocycles. The largest absolute Gasteiger partial charge is 1.00 e. The number of nitrogens with two attached hydrogens (primary N) is 1. The van der Waals surface area contributed by atoms with Gasteiger partial charge in [-0.1, -0.05) is 120 Å². The SMILES string of the molecule is CCCP(=O)(O)O.CCCP(=O)(O)Oc1ccccc1.CCCP(=O)(O)Oc1ccccc1.CCCP(=O)(Oc1ccccc1)O[C@H](C)C(=O)OCC.CCCP(=O)([O-])O.CCOC(=O)[C@@H](C)O.NCCP(=O)(O)O.O=C(Cl)OCc1ccccc1.O=S(Cl)Cl.[Na+].[Na+].[OH-]. The van der Waals surface area contributed by atoms with Gasteiger partial charge in [0.15, 0.2) is 6.10 Å². The van der Waals surface area contributed by atoms with Crippen molar-refractivity contribution in [1.29, 1.82) is 0 Å². The van der Waals surface area contributed by atoms with Gasteiger partial charge in [-0.2, -0.15) is 0 Å². The Hall–Kier alpha value is -1.39. The average molecular weight is 1540 g/mol. The number of halogens is 3. The van der Waals surface area contributed by atoms with E-state index in [4.69, 9.17) is 73.9 Å². The van der Waals surface area contributed by atoms with Crippen LogP contribution in [0.15, 0.2) is 121 Å². The smallest absolute Gasteiger partial charge is 0.870 e. The van der Waals surface area contributed by atoms with E-state index in [0.717, 1.165) is 5.56 Å². The molecule has 28 nitrogen and oxygen atoms in total. The second-order valence-corrected chi connectivity index (χ2v) is 31.3. The maximum absolute atomic E-state index is 12.6. The van der Waals surface area contributed by atoms with Crippen LogP contribution in [0.1, 0.15) is 100.0 Å². The minimum Gasteiger partial charge on any atom is -0.870 e. The summed E-state index contributed by atoms with van der Waals surface area (Å²) in [6, 6.07) is 35.5. The third-order valence-corrected chi connectivity index (χ3v) is 16.8. The number of carbonyl (C=O) groups is 3. The van der Waals surface area contributed by atoms with E-state index in [1.165, 1.54) is 13.8 Å². The molecular formula is C53H90Cl3NNa2O27P6S. The molecule has 0 radical (unpaired) electrons. The Balaban J connectivity index is -0.000000150. The van der Waals surface area contributed by atoms with Crippen LogP contribution in [-0.4, -0.2) is 135 Å². The Morgan fingerprint density at radius 3 is 1.05 bits per heavy atom. The van der Waals surface area contributed by atoms with Crippen LogP contribution < -0.4 is 83.3 Å². The summed E-state index contributed by atoms with van der Waals surface area (Å²) in [5.74, 6) is 0.247. The summed E-state index contributed by atoms with van der Waals surface area (Å²) in [5.41, 5.74) is 4.98. The van der Waals surface area contributed by atoms with Gasteiger partial charge in [0.1, 0.15) is 37.6 Å². The Labute approximate surface area is 606 Å². The van der Waals surface area contributed by atoms with Gasteiger partial charge in [0.05, 0.1) is 37.9 Å². The number of aliphatic hydroxyl groups excluding tert-OH is 1. The van der Waals surface area contributed by atoms with E-state index in [-0.39, 0.29) is 121 Å². The number of esters is 2. The van der Waals surface area contributed by atoms with E-state index in [1.54, 1.807) is 100 Å². The van der Waals surface area contributed by atoms with Gasteiger partial charge >= 0.3 is 114 Å².